The molecule has 4 heteroatoms. The summed E-state index contributed by atoms with van der Waals surface area (Å²) in [6, 6.07) is 0.387. The minimum atomic E-state index is -0.437. The highest BCUT2D eigenvalue weighted by Crippen LogP contribution is 2.24. The molecule has 2 N–H and O–H groups in total. The van der Waals surface area contributed by atoms with Gasteiger partial charge in [-0.25, -0.2) is 10.2 Å². The van der Waals surface area contributed by atoms with Gasteiger partial charge in [0.25, 0.3) is 0 Å². The summed E-state index contributed by atoms with van der Waals surface area (Å²) in [7, 11) is 0. The van der Waals surface area contributed by atoms with Gasteiger partial charge >= 0.3 is 6.09 Å². The molecule has 1 amide bonds. The summed E-state index contributed by atoms with van der Waals surface area (Å²) in [4.78, 5) is 11.3. The first-order valence-corrected chi connectivity index (χ1v) is 5.63. The molecule has 0 saturated heterocycles. The van der Waals surface area contributed by atoms with E-state index in [2.05, 4.69) is 17.8 Å². The average Bonchev–Trinajstić information content (AvgIpc) is 2.44. The molecule has 88 valence electrons. The van der Waals surface area contributed by atoms with Crippen molar-refractivity contribution in [2.75, 3.05) is 0 Å². The summed E-state index contributed by atoms with van der Waals surface area (Å²) < 4.78 is 5.12. The standard InChI is InChI=1S/C11H22N2O2/c1-8-6-5-7-9(8)12-13-10(14)15-11(2,3)4/h8-9,12H,5-7H2,1-4H3,(H,13,14). The molecule has 1 aliphatic carbocycles. The zero-order valence-electron chi connectivity index (χ0n) is 10.1. The summed E-state index contributed by atoms with van der Waals surface area (Å²) in [6.07, 6.45) is 3.18. The lowest BCUT2D eigenvalue weighted by Crippen LogP contribution is -2.47. The zero-order chi connectivity index (χ0) is 11.5. The largest absolute Gasteiger partial charge is 0.443 e. The second kappa shape index (κ2) is 4.84. The van der Waals surface area contributed by atoms with E-state index in [1.54, 1.807) is 0 Å². The highest BCUT2D eigenvalue weighted by Gasteiger charge is 2.24. The molecule has 0 aromatic carbocycles. The second-order valence-corrected chi connectivity index (χ2v) is 5.29. The van der Waals surface area contributed by atoms with Crippen LogP contribution in [0.3, 0.4) is 0 Å². The van der Waals surface area contributed by atoms with Crippen molar-refractivity contribution in [3.05, 3.63) is 0 Å². The van der Waals surface area contributed by atoms with Crippen LogP contribution < -0.4 is 10.9 Å². The van der Waals surface area contributed by atoms with E-state index in [0.717, 1.165) is 6.42 Å². The monoisotopic (exact) mass is 214 g/mol. The van der Waals surface area contributed by atoms with Gasteiger partial charge in [0.1, 0.15) is 5.60 Å². The van der Waals surface area contributed by atoms with Crippen LogP contribution in [0.2, 0.25) is 0 Å². The number of hydrazine groups is 1. The number of ether oxygens (including phenoxy) is 1. The Kier molecular flexibility index (Phi) is 3.97. The first-order chi connectivity index (χ1) is 6.88. The van der Waals surface area contributed by atoms with Crippen LogP contribution in [0.5, 0.6) is 0 Å². The van der Waals surface area contributed by atoms with E-state index in [-0.39, 0.29) is 0 Å². The van der Waals surface area contributed by atoms with E-state index < -0.39 is 11.7 Å². The molecular formula is C11H22N2O2. The van der Waals surface area contributed by atoms with Crippen molar-refractivity contribution in [2.45, 2.75) is 58.6 Å². The average molecular weight is 214 g/mol. The number of nitrogens with one attached hydrogen (secondary N) is 2. The number of hydrogen-bond acceptors (Lipinski definition) is 3. The minimum absolute atomic E-state index is 0.387. The molecule has 1 rings (SSSR count). The number of carbonyl (C=O) groups excluding carboxylic acids is 1. The lowest BCUT2D eigenvalue weighted by molar-refractivity contribution is 0.0484. The molecular weight excluding hydrogens is 192 g/mol. The molecule has 0 aromatic heterocycles. The van der Waals surface area contributed by atoms with E-state index >= 15 is 0 Å². The number of hydrogen-bond donors (Lipinski definition) is 2. The van der Waals surface area contributed by atoms with Crippen LogP contribution in [0.4, 0.5) is 4.79 Å². The zero-order valence-corrected chi connectivity index (χ0v) is 10.1. The van der Waals surface area contributed by atoms with Gasteiger partial charge < -0.3 is 4.74 Å². The van der Waals surface area contributed by atoms with Crippen LogP contribution in [0, 0.1) is 5.92 Å². The van der Waals surface area contributed by atoms with Gasteiger partial charge in [-0.15, -0.1) is 0 Å². The van der Waals surface area contributed by atoms with Crippen molar-refractivity contribution in [3.63, 3.8) is 0 Å². The smallest absolute Gasteiger partial charge is 0.422 e. The third-order valence-electron chi connectivity index (χ3n) is 2.62. The summed E-state index contributed by atoms with van der Waals surface area (Å²) >= 11 is 0. The highest BCUT2D eigenvalue weighted by atomic mass is 16.6. The van der Waals surface area contributed by atoms with Gasteiger partial charge in [0.2, 0.25) is 0 Å². The van der Waals surface area contributed by atoms with Crippen molar-refractivity contribution < 1.29 is 9.53 Å². The Morgan fingerprint density at radius 1 is 1.33 bits per heavy atom. The lowest BCUT2D eigenvalue weighted by Gasteiger charge is -2.22. The lowest BCUT2D eigenvalue weighted by atomic mass is 10.1. The molecule has 15 heavy (non-hydrogen) atoms. The molecule has 0 bridgehead atoms. The van der Waals surface area contributed by atoms with E-state index in [4.69, 9.17) is 4.74 Å². The molecule has 1 saturated carbocycles. The SMILES string of the molecule is CC1CCCC1NNC(=O)OC(C)(C)C. The van der Waals surface area contributed by atoms with E-state index in [9.17, 15) is 4.79 Å². The van der Waals surface area contributed by atoms with E-state index in [1.807, 2.05) is 20.8 Å². The molecule has 2 atom stereocenters. The molecule has 0 aromatic rings. The fourth-order valence-corrected chi connectivity index (χ4v) is 1.82. The van der Waals surface area contributed by atoms with E-state index in [0.29, 0.717) is 12.0 Å². The van der Waals surface area contributed by atoms with Crippen LogP contribution in [0.25, 0.3) is 0 Å². The predicted octanol–water partition coefficient (Wildman–Crippen LogP) is 2.20. The Bertz CT molecular complexity index is 223. The van der Waals surface area contributed by atoms with Crippen LogP contribution >= 0.6 is 0 Å². The van der Waals surface area contributed by atoms with Gasteiger partial charge in [-0.05, 0) is 39.5 Å². The summed E-state index contributed by atoms with van der Waals surface area (Å²) in [6.45, 7) is 7.75. The van der Waals surface area contributed by atoms with Crippen LogP contribution in [0.1, 0.15) is 47.0 Å². The molecule has 1 fully saturated rings. The number of rotatable bonds is 2. The third-order valence-corrected chi connectivity index (χ3v) is 2.62. The van der Waals surface area contributed by atoms with E-state index in [1.165, 1.54) is 12.8 Å². The van der Waals surface area contributed by atoms with Crippen molar-refractivity contribution in [3.8, 4) is 0 Å². The Hall–Kier alpha value is -0.770. The summed E-state index contributed by atoms with van der Waals surface area (Å²) in [5.74, 6) is 0.625. The maximum absolute atomic E-state index is 11.3. The molecule has 0 spiro atoms. The number of carbonyl (C=O) groups is 1. The maximum Gasteiger partial charge on any atom is 0.422 e. The van der Waals surface area contributed by atoms with Crippen molar-refractivity contribution in [2.24, 2.45) is 5.92 Å². The predicted molar refractivity (Wildman–Crippen MR) is 59.3 cm³/mol. The van der Waals surface area contributed by atoms with Crippen molar-refractivity contribution in [1.29, 1.82) is 0 Å². The first-order valence-electron chi connectivity index (χ1n) is 5.63. The Morgan fingerprint density at radius 2 is 2.00 bits per heavy atom. The summed E-state index contributed by atoms with van der Waals surface area (Å²) in [5, 5.41) is 0. The van der Waals surface area contributed by atoms with Gasteiger partial charge in [0.05, 0.1) is 0 Å². The topological polar surface area (TPSA) is 50.4 Å². The van der Waals surface area contributed by atoms with Crippen LogP contribution in [-0.2, 0) is 4.74 Å². The Balaban J connectivity index is 2.22. The van der Waals surface area contributed by atoms with Crippen molar-refractivity contribution in [1.82, 2.24) is 10.9 Å². The quantitative estimate of drug-likeness (QED) is 0.693. The van der Waals surface area contributed by atoms with Crippen molar-refractivity contribution >= 4 is 6.09 Å². The number of amides is 1. The minimum Gasteiger partial charge on any atom is -0.443 e. The van der Waals surface area contributed by atoms with Gasteiger partial charge in [-0.1, -0.05) is 13.3 Å². The molecule has 1 aliphatic rings. The fraction of sp³-hybridized carbons (Fsp3) is 0.909. The molecule has 2 unspecified atom stereocenters. The van der Waals surface area contributed by atoms with Crippen LogP contribution in [-0.4, -0.2) is 17.7 Å². The molecule has 0 heterocycles. The Labute approximate surface area is 91.7 Å². The molecule has 0 aliphatic heterocycles. The van der Waals surface area contributed by atoms with Gasteiger partial charge in [-0.3, -0.25) is 5.43 Å². The molecule has 4 nitrogen and oxygen atoms in total. The van der Waals surface area contributed by atoms with Gasteiger partial charge in [0, 0.05) is 6.04 Å². The maximum atomic E-state index is 11.3. The molecule has 0 radical (unpaired) electrons. The first kappa shape index (κ1) is 12.3. The Morgan fingerprint density at radius 3 is 2.47 bits per heavy atom. The van der Waals surface area contributed by atoms with Gasteiger partial charge in [-0.2, -0.15) is 0 Å². The second-order valence-electron chi connectivity index (χ2n) is 5.29. The normalized spacial score (nSPS) is 26.4. The summed E-state index contributed by atoms with van der Waals surface area (Å²) in [5.41, 5.74) is 5.19. The van der Waals surface area contributed by atoms with Crippen LogP contribution in [0.15, 0.2) is 0 Å². The third kappa shape index (κ3) is 4.51. The highest BCUT2D eigenvalue weighted by molar-refractivity contribution is 5.67. The van der Waals surface area contributed by atoms with Gasteiger partial charge in [0.15, 0.2) is 0 Å². The fourth-order valence-electron chi connectivity index (χ4n) is 1.82.